The molecule has 0 aliphatic heterocycles. The number of likely N-dealkylation sites (N-methyl/N-ethyl adjacent to an activating group) is 1. The van der Waals surface area contributed by atoms with Gasteiger partial charge in [0.15, 0.2) is 0 Å². The topological polar surface area (TPSA) is 78.6 Å². The molecule has 0 fully saturated rings. The minimum atomic E-state index is -0.975. The van der Waals surface area contributed by atoms with Crippen molar-refractivity contribution >= 4 is 5.97 Å². The van der Waals surface area contributed by atoms with Crippen LogP contribution < -0.4 is 11.1 Å². The van der Waals surface area contributed by atoms with Crippen molar-refractivity contribution in [3.05, 3.63) is 35.9 Å². The summed E-state index contributed by atoms with van der Waals surface area (Å²) in [7, 11) is 0. The van der Waals surface area contributed by atoms with Crippen LogP contribution in [-0.2, 0) is 4.79 Å². The lowest BCUT2D eigenvalue weighted by Gasteiger charge is -2.30. The van der Waals surface area contributed by atoms with Gasteiger partial charge >= 0.3 is 5.97 Å². The second kappa shape index (κ2) is 8.68. The van der Waals surface area contributed by atoms with Crippen LogP contribution in [0.3, 0.4) is 0 Å². The molecule has 0 bridgehead atoms. The largest absolute Gasteiger partial charge is 0.480 e. The summed E-state index contributed by atoms with van der Waals surface area (Å²) >= 11 is 0. The lowest BCUT2D eigenvalue weighted by atomic mass is 10.0. The van der Waals surface area contributed by atoms with E-state index >= 15 is 0 Å². The molecule has 4 N–H and O–H groups in total. The van der Waals surface area contributed by atoms with Crippen molar-refractivity contribution in [2.45, 2.75) is 25.9 Å². The summed E-state index contributed by atoms with van der Waals surface area (Å²) in [6.07, 6.45) is 0. The molecular formula is C15H25N3O2. The Bertz CT molecular complexity index is 393. The fraction of sp³-hybridized carbons (Fsp3) is 0.533. The van der Waals surface area contributed by atoms with Gasteiger partial charge in [0, 0.05) is 19.1 Å². The van der Waals surface area contributed by atoms with Gasteiger partial charge in [-0.05, 0) is 18.7 Å². The number of carboxylic acid groups (broad SMARTS) is 1. The van der Waals surface area contributed by atoms with Gasteiger partial charge in [-0.25, -0.2) is 0 Å². The fourth-order valence-electron chi connectivity index (χ4n) is 2.26. The Labute approximate surface area is 120 Å². The van der Waals surface area contributed by atoms with E-state index in [0.717, 1.165) is 13.1 Å². The van der Waals surface area contributed by atoms with Crippen LogP contribution in [0.5, 0.6) is 0 Å². The van der Waals surface area contributed by atoms with Crippen molar-refractivity contribution in [1.82, 2.24) is 10.2 Å². The van der Waals surface area contributed by atoms with E-state index in [1.807, 2.05) is 18.2 Å². The standard InChI is InChI=1S/C15H25N3O2/c1-3-18(4-2)14(12-8-6-5-7-9-12)11-17-10-13(16)15(19)20/h5-9,13-14,17H,3-4,10-11,16H2,1-2H3,(H,19,20). The monoisotopic (exact) mass is 279 g/mol. The van der Waals surface area contributed by atoms with Crippen molar-refractivity contribution < 1.29 is 9.90 Å². The van der Waals surface area contributed by atoms with Crippen molar-refractivity contribution in [3.8, 4) is 0 Å². The number of aliphatic carboxylic acids is 1. The van der Waals surface area contributed by atoms with Gasteiger partial charge in [-0.1, -0.05) is 44.2 Å². The lowest BCUT2D eigenvalue weighted by Crippen LogP contribution is -2.43. The maximum Gasteiger partial charge on any atom is 0.321 e. The number of rotatable bonds is 9. The summed E-state index contributed by atoms with van der Waals surface area (Å²) in [4.78, 5) is 13.1. The van der Waals surface area contributed by atoms with Crippen LogP contribution >= 0.6 is 0 Å². The van der Waals surface area contributed by atoms with Crippen LogP contribution in [0.2, 0.25) is 0 Å². The highest BCUT2D eigenvalue weighted by Gasteiger charge is 2.18. The molecule has 0 saturated carbocycles. The van der Waals surface area contributed by atoms with E-state index in [4.69, 9.17) is 10.8 Å². The Balaban J connectivity index is 2.67. The van der Waals surface area contributed by atoms with Gasteiger partial charge < -0.3 is 16.2 Å². The van der Waals surface area contributed by atoms with E-state index in [0.29, 0.717) is 6.54 Å². The Morgan fingerprint density at radius 3 is 2.35 bits per heavy atom. The highest BCUT2D eigenvalue weighted by atomic mass is 16.4. The molecule has 0 spiro atoms. The molecule has 1 rings (SSSR count). The molecule has 2 unspecified atom stereocenters. The number of nitrogens with zero attached hydrogens (tertiary/aromatic N) is 1. The van der Waals surface area contributed by atoms with E-state index in [1.54, 1.807) is 0 Å². The number of hydrogen-bond donors (Lipinski definition) is 3. The van der Waals surface area contributed by atoms with Gasteiger partial charge in [0.25, 0.3) is 0 Å². The number of nitrogens with two attached hydrogens (primary N) is 1. The molecule has 20 heavy (non-hydrogen) atoms. The van der Waals surface area contributed by atoms with Crippen LogP contribution in [0.1, 0.15) is 25.5 Å². The Morgan fingerprint density at radius 2 is 1.85 bits per heavy atom. The first-order chi connectivity index (χ1) is 9.60. The smallest absolute Gasteiger partial charge is 0.321 e. The summed E-state index contributed by atoms with van der Waals surface area (Å²) < 4.78 is 0. The van der Waals surface area contributed by atoms with Crippen LogP contribution in [0, 0.1) is 0 Å². The summed E-state index contributed by atoms with van der Waals surface area (Å²) in [6.45, 7) is 7.11. The number of nitrogens with one attached hydrogen (secondary N) is 1. The van der Waals surface area contributed by atoms with Crippen molar-refractivity contribution in [3.63, 3.8) is 0 Å². The SMILES string of the molecule is CCN(CC)C(CNCC(N)C(=O)O)c1ccccc1. The first-order valence-electron chi connectivity index (χ1n) is 7.08. The predicted molar refractivity (Wildman–Crippen MR) is 80.6 cm³/mol. The molecule has 0 saturated heterocycles. The molecule has 1 aromatic rings. The number of hydrogen-bond acceptors (Lipinski definition) is 4. The summed E-state index contributed by atoms with van der Waals surface area (Å²) in [5.41, 5.74) is 6.74. The highest BCUT2D eigenvalue weighted by Crippen LogP contribution is 2.19. The van der Waals surface area contributed by atoms with Crippen LogP contribution in [0.15, 0.2) is 30.3 Å². The van der Waals surface area contributed by atoms with Crippen LogP contribution in [0.25, 0.3) is 0 Å². The Kier molecular flexibility index (Phi) is 7.22. The molecule has 0 aliphatic carbocycles. The van der Waals surface area contributed by atoms with Gasteiger partial charge in [0.1, 0.15) is 6.04 Å². The first-order valence-corrected chi connectivity index (χ1v) is 7.08. The van der Waals surface area contributed by atoms with Gasteiger partial charge in [-0.15, -0.1) is 0 Å². The Hall–Kier alpha value is -1.43. The predicted octanol–water partition coefficient (Wildman–Crippen LogP) is 1.07. The third-order valence-electron chi connectivity index (χ3n) is 3.46. The van der Waals surface area contributed by atoms with E-state index in [-0.39, 0.29) is 12.6 Å². The zero-order valence-electron chi connectivity index (χ0n) is 12.2. The fourth-order valence-corrected chi connectivity index (χ4v) is 2.26. The third-order valence-corrected chi connectivity index (χ3v) is 3.46. The molecule has 0 amide bonds. The Morgan fingerprint density at radius 1 is 1.25 bits per heavy atom. The molecule has 0 radical (unpaired) electrons. The molecule has 112 valence electrons. The number of carbonyl (C=O) groups is 1. The average molecular weight is 279 g/mol. The van der Waals surface area contributed by atoms with Crippen molar-refractivity contribution in [2.24, 2.45) is 5.73 Å². The minimum Gasteiger partial charge on any atom is -0.480 e. The zero-order chi connectivity index (χ0) is 15.0. The molecule has 0 heterocycles. The van der Waals surface area contributed by atoms with Gasteiger partial charge in [0.05, 0.1) is 0 Å². The molecule has 5 heteroatoms. The van der Waals surface area contributed by atoms with E-state index in [1.165, 1.54) is 5.56 Å². The molecule has 1 aromatic carbocycles. The normalized spacial score (nSPS) is 14.2. The summed E-state index contributed by atoms with van der Waals surface area (Å²) in [5, 5.41) is 12.0. The van der Waals surface area contributed by atoms with E-state index in [9.17, 15) is 4.79 Å². The zero-order valence-corrected chi connectivity index (χ0v) is 12.2. The number of benzene rings is 1. The minimum absolute atomic E-state index is 0.229. The molecule has 2 atom stereocenters. The maximum atomic E-state index is 10.7. The van der Waals surface area contributed by atoms with Crippen molar-refractivity contribution in [2.75, 3.05) is 26.2 Å². The molecule has 0 aromatic heterocycles. The van der Waals surface area contributed by atoms with Crippen LogP contribution in [-0.4, -0.2) is 48.2 Å². The van der Waals surface area contributed by atoms with E-state index < -0.39 is 12.0 Å². The summed E-state index contributed by atoms with van der Waals surface area (Å²) in [6, 6.07) is 9.61. The van der Waals surface area contributed by atoms with Crippen molar-refractivity contribution in [1.29, 1.82) is 0 Å². The van der Waals surface area contributed by atoms with Gasteiger partial charge in [-0.3, -0.25) is 9.69 Å². The summed E-state index contributed by atoms with van der Waals surface area (Å²) in [5.74, 6) is -0.975. The maximum absolute atomic E-state index is 10.7. The van der Waals surface area contributed by atoms with Gasteiger partial charge in [0.2, 0.25) is 0 Å². The third kappa shape index (κ3) is 4.92. The number of carboxylic acids is 1. The highest BCUT2D eigenvalue weighted by molar-refractivity contribution is 5.73. The lowest BCUT2D eigenvalue weighted by molar-refractivity contribution is -0.138. The van der Waals surface area contributed by atoms with Gasteiger partial charge in [-0.2, -0.15) is 0 Å². The quantitative estimate of drug-likeness (QED) is 0.630. The average Bonchev–Trinajstić information content (AvgIpc) is 2.47. The van der Waals surface area contributed by atoms with Crippen LogP contribution in [0.4, 0.5) is 0 Å². The second-order valence-corrected chi connectivity index (χ2v) is 4.75. The molecular weight excluding hydrogens is 254 g/mol. The first kappa shape index (κ1) is 16.6. The van der Waals surface area contributed by atoms with E-state index in [2.05, 4.69) is 36.2 Å². The molecule has 0 aliphatic rings. The molecule has 5 nitrogen and oxygen atoms in total. The second-order valence-electron chi connectivity index (χ2n) is 4.75.